The van der Waals surface area contributed by atoms with E-state index in [1.54, 1.807) is 42.2 Å². The molecule has 0 aromatic heterocycles. The summed E-state index contributed by atoms with van der Waals surface area (Å²) in [4.78, 5) is 27.7. The zero-order valence-corrected chi connectivity index (χ0v) is 20.3. The number of fused-ring (bicyclic) bond motifs is 1. The van der Waals surface area contributed by atoms with Crippen molar-refractivity contribution in [3.8, 4) is 11.5 Å². The Hall–Kier alpha value is -2.77. The molecule has 0 fully saturated rings. The average molecular weight is 476 g/mol. The predicted octanol–water partition coefficient (Wildman–Crippen LogP) is 4.87. The summed E-state index contributed by atoms with van der Waals surface area (Å²) in [6.45, 7) is 8.38. The summed E-state index contributed by atoms with van der Waals surface area (Å²) < 4.78 is 16.9. The monoisotopic (exact) mass is 475 g/mol. The topological polar surface area (TPSA) is 85.3 Å². The van der Waals surface area contributed by atoms with Gasteiger partial charge in [0.2, 0.25) is 0 Å². The molecular weight excluding hydrogens is 446 g/mol. The highest BCUT2D eigenvalue weighted by atomic mass is 35.5. The first kappa shape index (κ1) is 24.9. The van der Waals surface area contributed by atoms with E-state index in [0.29, 0.717) is 28.4 Å². The Balaban J connectivity index is 2.22. The summed E-state index contributed by atoms with van der Waals surface area (Å²) in [5.41, 5.74) is 1.54. The summed E-state index contributed by atoms with van der Waals surface area (Å²) in [6.07, 6.45) is -2.17. The van der Waals surface area contributed by atoms with Crippen LogP contribution < -0.4 is 9.64 Å². The second-order valence-electron chi connectivity index (χ2n) is 9.10. The fourth-order valence-electron chi connectivity index (χ4n) is 3.93. The highest BCUT2D eigenvalue weighted by molar-refractivity contribution is 6.30. The number of carbonyl (C=O) groups excluding carboxylic acids is 2. The van der Waals surface area contributed by atoms with E-state index >= 15 is 0 Å². The van der Waals surface area contributed by atoms with Gasteiger partial charge in [0.05, 0.1) is 20.1 Å². The third kappa shape index (κ3) is 5.60. The largest absolute Gasteiger partial charge is 0.504 e. The van der Waals surface area contributed by atoms with E-state index in [0.717, 1.165) is 0 Å². The fourth-order valence-corrected chi connectivity index (χ4v) is 4.11. The number of phenols is 1. The van der Waals surface area contributed by atoms with Gasteiger partial charge in [-0.2, -0.15) is 0 Å². The van der Waals surface area contributed by atoms with Gasteiger partial charge in [-0.15, -0.1) is 0 Å². The normalized spacial score (nSPS) is 18.5. The Bertz CT molecular complexity index is 1030. The second-order valence-corrected chi connectivity index (χ2v) is 9.54. The van der Waals surface area contributed by atoms with E-state index in [4.69, 9.17) is 25.8 Å². The standard InChI is InChI=1S/C25H30ClNO6/c1-6-32-21(29)13-20-24(30)27(14-25(2,3)4)18-11-10-15(26)12-17(18)22(33-20)16-8-7-9-19(28)23(16)31-5/h7-12,20,22,28H,6,13-14H2,1-5H3/t20-,22-/m1/s1. The van der Waals surface area contributed by atoms with Crippen molar-refractivity contribution in [2.75, 3.05) is 25.2 Å². The van der Waals surface area contributed by atoms with E-state index in [9.17, 15) is 14.7 Å². The average Bonchev–Trinajstić information content (AvgIpc) is 2.83. The Morgan fingerprint density at radius 1 is 1.21 bits per heavy atom. The molecule has 0 saturated heterocycles. The molecule has 8 heteroatoms. The molecule has 1 heterocycles. The number of para-hydroxylation sites is 1. The van der Waals surface area contributed by atoms with Crippen LogP contribution >= 0.6 is 11.6 Å². The van der Waals surface area contributed by atoms with E-state index in [1.807, 2.05) is 20.8 Å². The fraction of sp³-hybridized carbons (Fsp3) is 0.440. The molecule has 7 nitrogen and oxygen atoms in total. The second kappa shape index (κ2) is 10.0. The lowest BCUT2D eigenvalue weighted by Gasteiger charge is -2.31. The lowest BCUT2D eigenvalue weighted by atomic mass is 9.94. The van der Waals surface area contributed by atoms with Crippen molar-refractivity contribution in [3.05, 3.63) is 52.5 Å². The smallest absolute Gasteiger partial charge is 0.308 e. The Morgan fingerprint density at radius 3 is 2.58 bits per heavy atom. The number of methoxy groups -OCH3 is 1. The van der Waals surface area contributed by atoms with Crippen LogP contribution in [0.5, 0.6) is 11.5 Å². The Morgan fingerprint density at radius 2 is 1.94 bits per heavy atom. The minimum absolute atomic E-state index is 0.0637. The van der Waals surface area contributed by atoms with Crippen LogP contribution in [0.1, 0.15) is 51.3 Å². The van der Waals surface area contributed by atoms with Gasteiger partial charge in [-0.25, -0.2) is 0 Å². The van der Waals surface area contributed by atoms with Gasteiger partial charge in [-0.05, 0) is 36.6 Å². The maximum absolute atomic E-state index is 13.7. The number of nitrogens with zero attached hydrogens (tertiary/aromatic N) is 1. The molecule has 33 heavy (non-hydrogen) atoms. The number of aromatic hydroxyl groups is 1. The van der Waals surface area contributed by atoms with Crippen molar-refractivity contribution in [1.29, 1.82) is 0 Å². The van der Waals surface area contributed by atoms with Crippen LogP contribution in [0.25, 0.3) is 0 Å². The van der Waals surface area contributed by atoms with E-state index in [1.165, 1.54) is 13.2 Å². The number of carbonyl (C=O) groups is 2. The molecular formula is C25H30ClNO6. The van der Waals surface area contributed by atoms with E-state index < -0.39 is 18.2 Å². The van der Waals surface area contributed by atoms with Crippen molar-refractivity contribution in [2.45, 2.75) is 46.3 Å². The Kier molecular flexibility index (Phi) is 7.55. The number of hydrogen-bond donors (Lipinski definition) is 1. The first-order chi connectivity index (χ1) is 15.6. The number of esters is 1. The van der Waals surface area contributed by atoms with Gasteiger partial charge in [0.25, 0.3) is 5.91 Å². The lowest BCUT2D eigenvalue weighted by Crippen LogP contribution is -2.44. The lowest BCUT2D eigenvalue weighted by molar-refractivity contribution is -0.151. The number of anilines is 1. The first-order valence-electron chi connectivity index (χ1n) is 10.8. The van der Waals surface area contributed by atoms with Gasteiger partial charge in [0, 0.05) is 28.4 Å². The molecule has 1 N–H and O–H groups in total. The minimum Gasteiger partial charge on any atom is -0.504 e. The summed E-state index contributed by atoms with van der Waals surface area (Å²) >= 11 is 6.35. The number of hydrogen-bond acceptors (Lipinski definition) is 6. The number of halogens is 1. The van der Waals surface area contributed by atoms with Crippen LogP contribution in [-0.4, -0.2) is 43.3 Å². The molecule has 0 spiro atoms. The highest BCUT2D eigenvalue weighted by Crippen LogP contribution is 2.45. The van der Waals surface area contributed by atoms with Crippen LogP contribution in [0.4, 0.5) is 5.69 Å². The van der Waals surface area contributed by atoms with Crippen molar-refractivity contribution >= 4 is 29.2 Å². The molecule has 2 aromatic rings. The Labute approximate surface area is 199 Å². The van der Waals surface area contributed by atoms with Gasteiger partial charge in [0.15, 0.2) is 11.5 Å². The maximum atomic E-state index is 13.7. The van der Waals surface area contributed by atoms with Crippen molar-refractivity contribution < 1.29 is 28.9 Å². The molecule has 0 saturated carbocycles. The minimum atomic E-state index is -1.10. The van der Waals surface area contributed by atoms with Gasteiger partial charge >= 0.3 is 5.97 Å². The van der Waals surface area contributed by atoms with Crippen molar-refractivity contribution in [3.63, 3.8) is 0 Å². The predicted molar refractivity (Wildman–Crippen MR) is 126 cm³/mol. The van der Waals surface area contributed by atoms with Gasteiger partial charge in [0.1, 0.15) is 12.2 Å². The summed E-state index contributed by atoms with van der Waals surface area (Å²) in [5, 5.41) is 10.8. The van der Waals surface area contributed by atoms with Crippen molar-refractivity contribution in [2.24, 2.45) is 5.41 Å². The van der Waals surface area contributed by atoms with Crippen LogP contribution in [0.15, 0.2) is 36.4 Å². The number of ether oxygens (including phenoxy) is 3. The molecule has 1 amide bonds. The molecule has 2 atom stereocenters. The summed E-state index contributed by atoms with van der Waals surface area (Å²) in [5.74, 6) is -0.716. The van der Waals surface area contributed by atoms with Crippen LogP contribution in [-0.2, 0) is 19.1 Å². The van der Waals surface area contributed by atoms with Gasteiger partial charge in [-0.3, -0.25) is 9.59 Å². The molecule has 178 valence electrons. The number of phenolic OH excluding ortho intramolecular Hbond substituents is 1. The number of benzene rings is 2. The summed E-state index contributed by atoms with van der Waals surface area (Å²) in [7, 11) is 1.45. The molecule has 0 unspecified atom stereocenters. The zero-order chi connectivity index (χ0) is 24.3. The zero-order valence-electron chi connectivity index (χ0n) is 19.6. The van der Waals surface area contributed by atoms with Gasteiger partial charge < -0.3 is 24.2 Å². The number of rotatable bonds is 6. The molecule has 3 rings (SSSR count). The van der Waals surface area contributed by atoms with Crippen LogP contribution in [0, 0.1) is 5.41 Å². The van der Waals surface area contributed by atoms with Crippen molar-refractivity contribution in [1.82, 2.24) is 0 Å². The molecule has 0 aliphatic carbocycles. The maximum Gasteiger partial charge on any atom is 0.308 e. The third-order valence-corrected chi connectivity index (χ3v) is 5.44. The third-order valence-electron chi connectivity index (χ3n) is 5.21. The molecule has 1 aliphatic heterocycles. The number of amides is 1. The highest BCUT2D eigenvalue weighted by Gasteiger charge is 2.40. The SMILES string of the molecule is CCOC(=O)C[C@H]1O[C@H](c2cccc(O)c2OC)c2cc(Cl)ccc2N(CC(C)(C)C)C1=O. The quantitative estimate of drug-likeness (QED) is 0.599. The van der Waals surface area contributed by atoms with Crippen LogP contribution in [0.3, 0.4) is 0 Å². The van der Waals surface area contributed by atoms with Crippen LogP contribution in [0.2, 0.25) is 5.02 Å². The summed E-state index contributed by atoms with van der Waals surface area (Å²) in [6, 6.07) is 10.2. The molecule has 1 aliphatic rings. The molecule has 2 aromatic carbocycles. The molecule has 0 radical (unpaired) electrons. The van der Waals surface area contributed by atoms with Gasteiger partial charge in [-0.1, -0.05) is 44.5 Å². The first-order valence-corrected chi connectivity index (χ1v) is 11.2. The van der Waals surface area contributed by atoms with E-state index in [2.05, 4.69) is 0 Å². The molecule has 0 bridgehead atoms. The van der Waals surface area contributed by atoms with E-state index in [-0.39, 0.29) is 35.8 Å².